The molecule has 0 bridgehead atoms. The average Bonchev–Trinajstić information content (AvgIpc) is 2.21. The number of benzene rings is 1. The van der Waals surface area contributed by atoms with Crippen LogP contribution in [0.3, 0.4) is 0 Å². The van der Waals surface area contributed by atoms with Gasteiger partial charge in [-0.05, 0) is 12.1 Å². The van der Waals surface area contributed by atoms with E-state index in [1.807, 2.05) is 0 Å². The van der Waals surface area contributed by atoms with Crippen LogP contribution in [0.25, 0.3) is 0 Å². The van der Waals surface area contributed by atoms with Gasteiger partial charge in [-0.1, -0.05) is 12.1 Å². The lowest BCUT2D eigenvalue weighted by atomic mass is 10.3. The molecule has 0 aliphatic carbocycles. The molecule has 0 heterocycles. The number of methoxy groups -OCH3 is 1. The number of hydrogen-bond donors (Lipinski definition) is 1. The first-order valence-corrected chi connectivity index (χ1v) is 4.09. The van der Waals surface area contributed by atoms with Gasteiger partial charge in [-0.3, -0.25) is 4.79 Å². The molecule has 0 fully saturated rings. The number of carbonyl (C=O) groups is 1. The molecule has 1 amide bonds. The van der Waals surface area contributed by atoms with Crippen molar-refractivity contribution in [3.8, 4) is 0 Å². The van der Waals surface area contributed by atoms with E-state index >= 15 is 0 Å². The molecule has 0 spiro atoms. The molecule has 1 N–H and O–H groups in total. The van der Waals surface area contributed by atoms with Crippen molar-refractivity contribution in [2.75, 3.05) is 12.4 Å². The Morgan fingerprint density at radius 2 is 2.13 bits per heavy atom. The van der Waals surface area contributed by atoms with Crippen LogP contribution in [0.2, 0.25) is 0 Å². The Hall–Kier alpha value is -1.91. The normalized spacial score (nSPS) is 11.0. The Kier molecular flexibility index (Phi) is 3.79. The molecule has 80 valence electrons. The highest BCUT2D eigenvalue weighted by atomic mass is 19.1. The molecule has 1 aromatic rings. The molecule has 0 unspecified atom stereocenters. The van der Waals surface area contributed by atoms with Crippen molar-refractivity contribution in [3.05, 3.63) is 42.2 Å². The summed E-state index contributed by atoms with van der Waals surface area (Å²) in [6, 6.07) is 5.48. The maximum atomic E-state index is 13.0. The number of halogens is 2. The lowest BCUT2D eigenvalue weighted by molar-refractivity contribution is -0.114. The molecule has 0 radical (unpaired) electrons. The molecule has 0 aliphatic rings. The van der Waals surface area contributed by atoms with Crippen LogP contribution in [-0.2, 0) is 9.53 Å². The lowest BCUT2D eigenvalue weighted by Gasteiger charge is -2.03. The predicted molar refractivity (Wildman–Crippen MR) is 51.2 cm³/mol. The third-order valence-electron chi connectivity index (χ3n) is 1.56. The second kappa shape index (κ2) is 5.09. The summed E-state index contributed by atoms with van der Waals surface area (Å²) in [6.07, 6.45) is 0.635. The fraction of sp³-hybridized carbons (Fsp3) is 0.100. The zero-order chi connectivity index (χ0) is 11.3. The number of ether oxygens (including phenoxy) is 1. The van der Waals surface area contributed by atoms with Crippen LogP contribution in [0.4, 0.5) is 14.5 Å². The van der Waals surface area contributed by atoms with Crippen LogP contribution in [0, 0.1) is 5.82 Å². The third kappa shape index (κ3) is 3.05. The molecule has 15 heavy (non-hydrogen) atoms. The summed E-state index contributed by atoms with van der Waals surface area (Å²) in [5.41, 5.74) is -0.0813. The Labute approximate surface area is 85.4 Å². The zero-order valence-electron chi connectivity index (χ0n) is 7.96. The lowest BCUT2D eigenvalue weighted by Crippen LogP contribution is -2.13. The summed E-state index contributed by atoms with van der Waals surface area (Å²) in [5, 5.41) is 2.06. The molecule has 1 aromatic carbocycles. The van der Waals surface area contributed by atoms with Crippen molar-refractivity contribution in [1.82, 2.24) is 0 Å². The van der Waals surface area contributed by atoms with Crippen LogP contribution in [0.1, 0.15) is 0 Å². The van der Waals surface area contributed by atoms with Gasteiger partial charge in [-0.25, -0.2) is 4.39 Å². The van der Waals surface area contributed by atoms with Gasteiger partial charge < -0.3 is 10.1 Å². The summed E-state index contributed by atoms with van der Waals surface area (Å²) in [7, 11) is 1.20. The number of rotatable bonds is 3. The Balaban J connectivity index is 2.75. The maximum absolute atomic E-state index is 13.0. The van der Waals surface area contributed by atoms with Crippen LogP contribution < -0.4 is 5.32 Å². The second-order valence-electron chi connectivity index (χ2n) is 2.64. The highest BCUT2D eigenvalue weighted by Gasteiger charge is 2.11. The number of hydrogen-bond acceptors (Lipinski definition) is 2. The molecule has 1 rings (SSSR count). The van der Waals surface area contributed by atoms with Gasteiger partial charge >= 0.3 is 0 Å². The van der Waals surface area contributed by atoms with Crippen LogP contribution in [-0.4, -0.2) is 13.0 Å². The topological polar surface area (TPSA) is 38.3 Å². The number of amides is 1. The fourth-order valence-electron chi connectivity index (χ4n) is 0.902. The molecule has 0 atom stereocenters. The average molecular weight is 213 g/mol. The van der Waals surface area contributed by atoms with E-state index in [0.29, 0.717) is 6.26 Å². The first-order chi connectivity index (χ1) is 7.15. The van der Waals surface area contributed by atoms with E-state index in [-0.39, 0.29) is 5.69 Å². The maximum Gasteiger partial charge on any atom is 0.287 e. The van der Waals surface area contributed by atoms with Gasteiger partial charge in [0, 0.05) is 0 Å². The Morgan fingerprint density at radius 3 is 2.73 bits per heavy atom. The van der Waals surface area contributed by atoms with E-state index in [9.17, 15) is 13.6 Å². The SMILES string of the molecule is CO/C=C(/F)C(=O)Nc1ccccc1F. The summed E-state index contributed by atoms with van der Waals surface area (Å²) in [5.74, 6) is -2.81. The standard InChI is InChI=1S/C10H9F2NO2/c1-15-6-8(12)10(14)13-9-5-3-2-4-7(9)11/h2-6H,1H3,(H,13,14)/b8-6+. The Morgan fingerprint density at radius 1 is 1.47 bits per heavy atom. The second-order valence-corrected chi connectivity index (χ2v) is 2.64. The summed E-state index contributed by atoms with van der Waals surface area (Å²) in [6.45, 7) is 0. The molecule has 0 aromatic heterocycles. The van der Waals surface area contributed by atoms with E-state index in [0.717, 1.165) is 6.07 Å². The number of anilines is 1. The van der Waals surface area contributed by atoms with Crippen LogP contribution in [0.15, 0.2) is 36.4 Å². The van der Waals surface area contributed by atoms with Gasteiger partial charge in [0.15, 0.2) is 0 Å². The highest BCUT2D eigenvalue weighted by Crippen LogP contribution is 2.13. The minimum absolute atomic E-state index is 0.0813. The van der Waals surface area contributed by atoms with E-state index in [1.54, 1.807) is 0 Å². The van der Waals surface area contributed by atoms with Gasteiger partial charge in [0.1, 0.15) is 12.1 Å². The van der Waals surface area contributed by atoms with Crippen molar-refractivity contribution >= 4 is 11.6 Å². The largest absolute Gasteiger partial charge is 0.501 e. The summed E-state index contributed by atoms with van der Waals surface area (Å²) in [4.78, 5) is 11.1. The number of carbonyl (C=O) groups excluding carboxylic acids is 1. The van der Waals surface area contributed by atoms with Crippen molar-refractivity contribution in [2.45, 2.75) is 0 Å². The fourth-order valence-corrected chi connectivity index (χ4v) is 0.902. The quantitative estimate of drug-likeness (QED) is 0.617. The van der Waals surface area contributed by atoms with Crippen molar-refractivity contribution in [3.63, 3.8) is 0 Å². The first kappa shape index (κ1) is 11.2. The van der Waals surface area contributed by atoms with E-state index < -0.39 is 17.6 Å². The van der Waals surface area contributed by atoms with E-state index in [2.05, 4.69) is 10.1 Å². The number of nitrogens with one attached hydrogen (secondary N) is 1. The Bertz CT molecular complexity index is 391. The third-order valence-corrected chi connectivity index (χ3v) is 1.56. The highest BCUT2D eigenvalue weighted by molar-refractivity contribution is 6.01. The van der Waals surface area contributed by atoms with Crippen molar-refractivity contribution in [2.24, 2.45) is 0 Å². The molecule has 5 heteroatoms. The molecule has 0 saturated heterocycles. The van der Waals surface area contributed by atoms with E-state index in [1.165, 1.54) is 25.3 Å². The monoisotopic (exact) mass is 213 g/mol. The predicted octanol–water partition coefficient (Wildman–Crippen LogP) is 2.22. The molecule has 3 nitrogen and oxygen atoms in total. The molecular weight excluding hydrogens is 204 g/mol. The van der Waals surface area contributed by atoms with Crippen molar-refractivity contribution in [1.29, 1.82) is 0 Å². The summed E-state index contributed by atoms with van der Waals surface area (Å²) < 4.78 is 30.1. The zero-order valence-corrected chi connectivity index (χ0v) is 7.96. The smallest absolute Gasteiger partial charge is 0.287 e. The van der Waals surface area contributed by atoms with E-state index in [4.69, 9.17) is 0 Å². The minimum atomic E-state index is -1.12. The van der Waals surface area contributed by atoms with Gasteiger partial charge in [0.05, 0.1) is 12.8 Å². The molecule has 0 aliphatic heterocycles. The van der Waals surface area contributed by atoms with Gasteiger partial charge in [0.2, 0.25) is 5.83 Å². The van der Waals surface area contributed by atoms with Gasteiger partial charge in [-0.15, -0.1) is 0 Å². The molecule has 0 saturated carbocycles. The van der Waals surface area contributed by atoms with Gasteiger partial charge in [-0.2, -0.15) is 4.39 Å². The number of para-hydroxylation sites is 1. The van der Waals surface area contributed by atoms with Gasteiger partial charge in [0.25, 0.3) is 5.91 Å². The first-order valence-electron chi connectivity index (χ1n) is 4.09. The minimum Gasteiger partial charge on any atom is -0.501 e. The molecular formula is C10H9F2NO2. The van der Waals surface area contributed by atoms with Crippen molar-refractivity contribution < 1.29 is 18.3 Å². The summed E-state index contributed by atoms with van der Waals surface area (Å²) >= 11 is 0. The van der Waals surface area contributed by atoms with Crippen LogP contribution in [0.5, 0.6) is 0 Å². The van der Waals surface area contributed by atoms with Crippen LogP contribution >= 0.6 is 0 Å².